The van der Waals surface area contributed by atoms with E-state index >= 15 is 0 Å². The fourth-order valence-corrected chi connectivity index (χ4v) is 6.22. The SMILES string of the molecule is COC1=c2ccccc2=C([S+](C2=CC=CCC2)c2ccccc2)CC1. The summed E-state index contributed by atoms with van der Waals surface area (Å²) in [5.74, 6) is 1.12. The van der Waals surface area contributed by atoms with Gasteiger partial charge in [-0.1, -0.05) is 48.6 Å². The highest BCUT2D eigenvalue weighted by Gasteiger charge is 2.35. The van der Waals surface area contributed by atoms with Crippen molar-refractivity contribution in [3.63, 3.8) is 0 Å². The molecule has 126 valence electrons. The molecule has 0 aliphatic heterocycles. The summed E-state index contributed by atoms with van der Waals surface area (Å²) in [6.45, 7) is 0. The molecular formula is C23H23OS+. The number of fused-ring (bicyclic) bond motifs is 1. The van der Waals surface area contributed by atoms with Gasteiger partial charge in [0.1, 0.15) is 10.7 Å². The van der Waals surface area contributed by atoms with Gasteiger partial charge in [-0.25, -0.2) is 0 Å². The summed E-state index contributed by atoms with van der Waals surface area (Å²) in [6.07, 6.45) is 11.2. The van der Waals surface area contributed by atoms with Crippen LogP contribution in [0.4, 0.5) is 0 Å². The van der Waals surface area contributed by atoms with Crippen LogP contribution in [0.2, 0.25) is 0 Å². The molecule has 0 N–H and O–H groups in total. The van der Waals surface area contributed by atoms with E-state index in [-0.39, 0.29) is 10.9 Å². The molecule has 1 atom stereocenters. The van der Waals surface area contributed by atoms with E-state index in [4.69, 9.17) is 4.74 Å². The monoisotopic (exact) mass is 347 g/mol. The summed E-state index contributed by atoms with van der Waals surface area (Å²) < 4.78 is 5.68. The Morgan fingerprint density at radius 1 is 0.840 bits per heavy atom. The number of rotatable bonds is 4. The van der Waals surface area contributed by atoms with Gasteiger partial charge in [-0.2, -0.15) is 0 Å². The highest BCUT2D eigenvalue weighted by atomic mass is 32.2. The van der Waals surface area contributed by atoms with E-state index in [1.807, 2.05) is 0 Å². The third-order valence-electron chi connectivity index (χ3n) is 4.82. The molecule has 1 unspecified atom stereocenters. The second-order valence-electron chi connectivity index (χ2n) is 6.32. The van der Waals surface area contributed by atoms with Gasteiger partial charge in [0.15, 0.2) is 9.80 Å². The zero-order valence-corrected chi connectivity index (χ0v) is 15.4. The van der Waals surface area contributed by atoms with Crippen LogP contribution < -0.4 is 10.4 Å². The third kappa shape index (κ3) is 3.19. The summed E-state index contributed by atoms with van der Waals surface area (Å²) in [4.78, 5) is 4.54. The first kappa shape index (κ1) is 16.3. The average molecular weight is 348 g/mol. The van der Waals surface area contributed by atoms with Crippen LogP contribution in [-0.2, 0) is 15.6 Å². The van der Waals surface area contributed by atoms with E-state index in [2.05, 4.69) is 72.8 Å². The van der Waals surface area contributed by atoms with Crippen molar-refractivity contribution in [2.75, 3.05) is 7.11 Å². The fourth-order valence-electron chi connectivity index (χ4n) is 3.65. The minimum Gasteiger partial charge on any atom is -0.500 e. The highest BCUT2D eigenvalue weighted by Crippen LogP contribution is 2.36. The Hall–Kier alpha value is -2.19. The number of benzene rings is 2. The van der Waals surface area contributed by atoms with Gasteiger partial charge < -0.3 is 4.74 Å². The predicted molar refractivity (Wildman–Crippen MR) is 107 cm³/mol. The van der Waals surface area contributed by atoms with Crippen molar-refractivity contribution in [3.05, 3.63) is 88.2 Å². The number of ether oxygens (including phenoxy) is 1. The molecule has 0 bridgehead atoms. The summed E-state index contributed by atoms with van der Waals surface area (Å²) in [7, 11) is 1.81. The van der Waals surface area contributed by atoms with Crippen LogP contribution in [0.15, 0.2) is 82.6 Å². The van der Waals surface area contributed by atoms with E-state index in [0.717, 1.165) is 31.4 Å². The Bertz CT molecular complexity index is 938. The molecule has 0 aromatic heterocycles. The molecule has 0 radical (unpaired) electrons. The molecular weight excluding hydrogens is 324 g/mol. The number of methoxy groups -OCH3 is 1. The van der Waals surface area contributed by atoms with Gasteiger partial charge in [-0.15, -0.1) is 0 Å². The van der Waals surface area contributed by atoms with Crippen molar-refractivity contribution in [2.45, 2.75) is 30.6 Å². The highest BCUT2D eigenvalue weighted by molar-refractivity contribution is 8.08. The Labute approximate surface area is 152 Å². The predicted octanol–water partition coefficient (Wildman–Crippen LogP) is 4.25. The summed E-state index contributed by atoms with van der Waals surface area (Å²) in [5, 5.41) is 2.64. The average Bonchev–Trinajstić information content (AvgIpc) is 2.70. The number of hydrogen-bond donors (Lipinski definition) is 0. The first-order valence-corrected chi connectivity index (χ1v) is 10.1. The van der Waals surface area contributed by atoms with Crippen molar-refractivity contribution in [1.29, 1.82) is 0 Å². The molecule has 2 aliphatic carbocycles. The van der Waals surface area contributed by atoms with Crippen LogP contribution in [-0.4, -0.2) is 7.11 Å². The topological polar surface area (TPSA) is 9.23 Å². The second kappa shape index (κ2) is 7.37. The lowest BCUT2D eigenvalue weighted by molar-refractivity contribution is 0.348. The van der Waals surface area contributed by atoms with Gasteiger partial charge in [0, 0.05) is 29.7 Å². The molecule has 2 aromatic rings. The Morgan fingerprint density at radius 3 is 2.32 bits per heavy atom. The molecule has 0 saturated carbocycles. The van der Waals surface area contributed by atoms with E-state index < -0.39 is 0 Å². The maximum Gasteiger partial charge on any atom is 0.165 e. The van der Waals surface area contributed by atoms with Crippen molar-refractivity contribution < 1.29 is 4.74 Å². The Balaban J connectivity index is 1.98. The van der Waals surface area contributed by atoms with Crippen molar-refractivity contribution in [1.82, 2.24) is 0 Å². The quantitative estimate of drug-likeness (QED) is 0.751. The van der Waals surface area contributed by atoms with Crippen molar-refractivity contribution in [2.24, 2.45) is 0 Å². The van der Waals surface area contributed by atoms with E-state index in [9.17, 15) is 0 Å². The van der Waals surface area contributed by atoms with Crippen LogP contribution in [0.3, 0.4) is 0 Å². The smallest absolute Gasteiger partial charge is 0.165 e. The molecule has 4 rings (SSSR count). The summed E-state index contributed by atoms with van der Waals surface area (Å²) in [6, 6.07) is 19.7. The minimum absolute atomic E-state index is 0.0186. The molecule has 25 heavy (non-hydrogen) atoms. The molecule has 0 spiro atoms. The van der Waals surface area contributed by atoms with Crippen molar-refractivity contribution in [3.8, 4) is 0 Å². The van der Waals surface area contributed by atoms with Crippen molar-refractivity contribution >= 4 is 21.6 Å². The number of hydrogen-bond acceptors (Lipinski definition) is 1. The first-order chi connectivity index (χ1) is 12.4. The van der Waals surface area contributed by atoms with Gasteiger partial charge in [-0.05, 0) is 30.7 Å². The third-order valence-corrected chi connectivity index (χ3v) is 7.34. The van der Waals surface area contributed by atoms with E-state index in [1.54, 1.807) is 16.9 Å². The lowest BCUT2D eigenvalue weighted by Crippen LogP contribution is -2.35. The maximum absolute atomic E-state index is 5.68. The van der Waals surface area contributed by atoms with Gasteiger partial charge in [-0.3, -0.25) is 0 Å². The zero-order chi connectivity index (χ0) is 17.1. The van der Waals surface area contributed by atoms with Crippen LogP contribution in [0, 0.1) is 0 Å². The Morgan fingerprint density at radius 2 is 1.60 bits per heavy atom. The molecule has 2 aliphatic rings. The zero-order valence-electron chi connectivity index (χ0n) is 14.6. The Kier molecular flexibility index (Phi) is 4.80. The minimum atomic E-state index is 0.0186. The van der Waals surface area contributed by atoms with Crippen LogP contribution in [0.5, 0.6) is 0 Å². The molecule has 1 nitrogen and oxygen atoms in total. The maximum atomic E-state index is 5.68. The normalized spacial score (nSPS) is 17.7. The lowest BCUT2D eigenvalue weighted by Gasteiger charge is -2.19. The number of allylic oxidation sites excluding steroid dienone is 4. The largest absolute Gasteiger partial charge is 0.500 e. The summed E-state index contributed by atoms with van der Waals surface area (Å²) in [5.41, 5.74) is 0. The fraction of sp³-hybridized carbons (Fsp3) is 0.217. The molecule has 0 fully saturated rings. The van der Waals surface area contributed by atoms with Gasteiger partial charge >= 0.3 is 0 Å². The molecule has 0 heterocycles. The van der Waals surface area contributed by atoms with Gasteiger partial charge in [0.25, 0.3) is 0 Å². The first-order valence-electron chi connectivity index (χ1n) is 8.89. The second-order valence-corrected chi connectivity index (χ2v) is 8.42. The van der Waals surface area contributed by atoms with E-state index in [1.165, 1.54) is 15.3 Å². The molecule has 0 saturated heterocycles. The van der Waals surface area contributed by atoms with Crippen LogP contribution >= 0.6 is 0 Å². The molecule has 2 heteroatoms. The van der Waals surface area contributed by atoms with Gasteiger partial charge in [0.05, 0.1) is 18.0 Å². The summed E-state index contributed by atoms with van der Waals surface area (Å²) >= 11 is 0. The lowest BCUT2D eigenvalue weighted by atomic mass is 10.1. The molecule has 2 aromatic carbocycles. The standard InChI is InChI=1S/C23H23OS/c1-24-22-16-17-23(21-15-9-8-14-20(21)22)25(18-10-4-2-5-11-18)19-12-6-3-7-13-19/h2-6,8-12,14-15H,7,13,16-17H2,1H3/q+1. The van der Waals surface area contributed by atoms with Crippen LogP contribution in [0.25, 0.3) is 10.7 Å². The molecule has 0 amide bonds. The van der Waals surface area contributed by atoms with E-state index in [0.29, 0.717) is 0 Å². The van der Waals surface area contributed by atoms with Gasteiger partial charge in [0.2, 0.25) is 0 Å². The van der Waals surface area contributed by atoms with Crippen LogP contribution in [0.1, 0.15) is 25.7 Å².